The van der Waals surface area contributed by atoms with Gasteiger partial charge in [-0.05, 0) is 49.7 Å². The van der Waals surface area contributed by atoms with Crippen LogP contribution in [0.5, 0.6) is 0 Å². The number of carbonyl (C=O) groups is 3. The number of halogens is 1. The summed E-state index contributed by atoms with van der Waals surface area (Å²) in [6.07, 6.45) is 0.392. The third-order valence-electron chi connectivity index (χ3n) is 4.85. The maximum atomic E-state index is 12.9. The van der Waals surface area contributed by atoms with Gasteiger partial charge in [0.1, 0.15) is 0 Å². The molecule has 0 saturated carbocycles. The van der Waals surface area contributed by atoms with E-state index in [1.807, 2.05) is 30.5 Å². The summed E-state index contributed by atoms with van der Waals surface area (Å²) in [4.78, 5) is 42.9. The number of anilines is 1. The number of imide groups is 1. The van der Waals surface area contributed by atoms with Gasteiger partial charge in [0.15, 0.2) is 4.80 Å². The standard InChI is InChI=1S/C21H18ClN3O3S/c1-3-24-19-12(2)9-14(22)11-16(19)29-21(24)23-20(28)13-5-4-6-15(10-13)25-17(26)7-8-18(25)27/h4-6,9-11H,3,7-8H2,1-2H3. The number of aromatic nitrogens is 1. The van der Waals surface area contributed by atoms with Gasteiger partial charge >= 0.3 is 0 Å². The number of thiazole rings is 1. The summed E-state index contributed by atoms with van der Waals surface area (Å²) in [7, 11) is 0. The quantitative estimate of drug-likeness (QED) is 0.591. The summed E-state index contributed by atoms with van der Waals surface area (Å²) in [6, 6.07) is 10.2. The number of carbonyl (C=O) groups excluding carboxylic acids is 3. The first-order valence-corrected chi connectivity index (χ1v) is 10.4. The third kappa shape index (κ3) is 3.52. The van der Waals surface area contributed by atoms with Crippen LogP contribution in [0.15, 0.2) is 41.4 Å². The molecule has 0 bridgehead atoms. The predicted molar refractivity (Wildman–Crippen MR) is 113 cm³/mol. The molecule has 0 spiro atoms. The van der Waals surface area contributed by atoms with E-state index in [0.717, 1.165) is 20.7 Å². The van der Waals surface area contributed by atoms with E-state index < -0.39 is 5.91 Å². The van der Waals surface area contributed by atoms with Gasteiger partial charge in [0, 0.05) is 30.0 Å². The lowest BCUT2D eigenvalue weighted by atomic mass is 10.2. The molecule has 29 heavy (non-hydrogen) atoms. The smallest absolute Gasteiger partial charge is 0.279 e. The molecule has 1 saturated heterocycles. The fraction of sp³-hybridized carbons (Fsp3) is 0.238. The second-order valence-corrected chi connectivity index (χ2v) is 8.23. The van der Waals surface area contributed by atoms with Gasteiger partial charge < -0.3 is 4.57 Å². The van der Waals surface area contributed by atoms with Crippen LogP contribution in [-0.2, 0) is 16.1 Å². The Morgan fingerprint density at radius 2 is 1.90 bits per heavy atom. The third-order valence-corrected chi connectivity index (χ3v) is 6.09. The van der Waals surface area contributed by atoms with Crippen molar-refractivity contribution in [3.05, 3.63) is 57.3 Å². The maximum absolute atomic E-state index is 12.9. The molecular weight excluding hydrogens is 410 g/mol. The van der Waals surface area contributed by atoms with Crippen molar-refractivity contribution in [2.45, 2.75) is 33.2 Å². The minimum Gasteiger partial charge on any atom is -0.316 e. The number of hydrogen-bond acceptors (Lipinski definition) is 4. The van der Waals surface area contributed by atoms with Crippen LogP contribution in [0.2, 0.25) is 5.02 Å². The van der Waals surface area contributed by atoms with Crippen molar-refractivity contribution in [1.82, 2.24) is 4.57 Å². The van der Waals surface area contributed by atoms with E-state index in [2.05, 4.69) is 4.99 Å². The molecule has 0 aliphatic carbocycles. The Balaban J connectivity index is 1.77. The number of aryl methyl sites for hydroxylation is 2. The molecule has 1 aromatic heterocycles. The molecule has 2 aromatic carbocycles. The average Bonchev–Trinajstić information content (AvgIpc) is 3.20. The van der Waals surface area contributed by atoms with Crippen LogP contribution in [0.25, 0.3) is 10.2 Å². The highest BCUT2D eigenvalue weighted by atomic mass is 35.5. The van der Waals surface area contributed by atoms with Crippen LogP contribution in [0.1, 0.15) is 35.7 Å². The Hall–Kier alpha value is -2.77. The van der Waals surface area contributed by atoms with Gasteiger partial charge in [-0.15, -0.1) is 0 Å². The number of hydrogen-bond donors (Lipinski definition) is 0. The van der Waals surface area contributed by atoms with Crippen molar-refractivity contribution in [3.63, 3.8) is 0 Å². The molecule has 6 nitrogen and oxygen atoms in total. The molecule has 1 fully saturated rings. The summed E-state index contributed by atoms with van der Waals surface area (Å²) < 4.78 is 2.95. The van der Waals surface area contributed by atoms with Gasteiger partial charge in [0.2, 0.25) is 11.8 Å². The number of amides is 3. The second-order valence-electron chi connectivity index (χ2n) is 6.79. The topological polar surface area (TPSA) is 71.7 Å². The van der Waals surface area contributed by atoms with E-state index in [1.54, 1.807) is 24.3 Å². The van der Waals surface area contributed by atoms with E-state index in [4.69, 9.17) is 11.6 Å². The highest BCUT2D eigenvalue weighted by molar-refractivity contribution is 7.16. The normalized spacial score (nSPS) is 15.0. The van der Waals surface area contributed by atoms with Gasteiger partial charge in [-0.1, -0.05) is 29.0 Å². The molecule has 0 N–H and O–H groups in total. The van der Waals surface area contributed by atoms with Gasteiger partial charge in [0.25, 0.3) is 5.91 Å². The molecule has 0 atom stereocenters. The molecule has 148 valence electrons. The lowest BCUT2D eigenvalue weighted by Crippen LogP contribution is -2.28. The summed E-state index contributed by atoms with van der Waals surface area (Å²) in [6.45, 7) is 4.63. The zero-order valence-electron chi connectivity index (χ0n) is 15.9. The van der Waals surface area contributed by atoms with Crippen molar-refractivity contribution >= 4 is 56.6 Å². The highest BCUT2D eigenvalue weighted by Gasteiger charge is 2.30. The Morgan fingerprint density at radius 3 is 2.59 bits per heavy atom. The highest BCUT2D eigenvalue weighted by Crippen LogP contribution is 2.26. The van der Waals surface area contributed by atoms with E-state index in [9.17, 15) is 14.4 Å². The van der Waals surface area contributed by atoms with Gasteiger partial charge in [0.05, 0.1) is 15.9 Å². The van der Waals surface area contributed by atoms with Crippen LogP contribution in [0.4, 0.5) is 5.69 Å². The minimum atomic E-state index is -0.427. The molecular formula is C21H18ClN3O3S. The predicted octanol–water partition coefficient (Wildman–Crippen LogP) is 4.08. The molecule has 3 amide bonds. The van der Waals surface area contributed by atoms with Gasteiger partial charge in [-0.25, -0.2) is 0 Å². The molecule has 0 unspecified atom stereocenters. The lowest BCUT2D eigenvalue weighted by molar-refractivity contribution is -0.121. The van der Waals surface area contributed by atoms with Crippen molar-refractivity contribution in [1.29, 1.82) is 0 Å². The minimum absolute atomic E-state index is 0.196. The largest absolute Gasteiger partial charge is 0.316 e. The fourth-order valence-electron chi connectivity index (χ4n) is 3.55. The molecule has 8 heteroatoms. The van der Waals surface area contributed by atoms with Crippen molar-refractivity contribution < 1.29 is 14.4 Å². The fourth-order valence-corrected chi connectivity index (χ4v) is 5.10. The maximum Gasteiger partial charge on any atom is 0.279 e. The number of rotatable bonds is 3. The van der Waals surface area contributed by atoms with Gasteiger partial charge in [-0.3, -0.25) is 19.3 Å². The van der Waals surface area contributed by atoms with Crippen LogP contribution >= 0.6 is 22.9 Å². The monoisotopic (exact) mass is 427 g/mol. The lowest BCUT2D eigenvalue weighted by Gasteiger charge is -2.14. The molecule has 3 aromatic rings. The first kappa shape index (κ1) is 19.5. The van der Waals surface area contributed by atoms with Crippen LogP contribution in [0, 0.1) is 6.92 Å². The van der Waals surface area contributed by atoms with Crippen LogP contribution < -0.4 is 9.70 Å². The summed E-state index contributed by atoms with van der Waals surface area (Å²) in [5.41, 5.74) is 2.76. The van der Waals surface area contributed by atoms with Crippen molar-refractivity contribution in [2.24, 2.45) is 4.99 Å². The van der Waals surface area contributed by atoms with Crippen LogP contribution in [-0.4, -0.2) is 22.3 Å². The van der Waals surface area contributed by atoms with Crippen LogP contribution in [0.3, 0.4) is 0 Å². The second kappa shape index (κ2) is 7.57. The first-order valence-electron chi connectivity index (χ1n) is 9.23. The molecule has 4 rings (SSSR count). The molecule has 0 radical (unpaired) electrons. The number of benzene rings is 2. The molecule has 1 aliphatic heterocycles. The zero-order valence-corrected chi connectivity index (χ0v) is 17.5. The summed E-state index contributed by atoms with van der Waals surface area (Å²) in [5.74, 6) is -0.933. The van der Waals surface area contributed by atoms with E-state index in [-0.39, 0.29) is 24.7 Å². The van der Waals surface area contributed by atoms with E-state index in [1.165, 1.54) is 11.3 Å². The van der Waals surface area contributed by atoms with E-state index >= 15 is 0 Å². The van der Waals surface area contributed by atoms with Gasteiger partial charge in [-0.2, -0.15) is 4.99 Å². The SMILES string of the molecule is CCn1c(=NC(=O)c2cccc(N3C(=O)CCC3=O)c2)sc2cc(Cl)cc(C)c21. The average molecular weight is 428 g/mol. The Morgan fingerprint density at radius 1 is 1.17 bits per heavy atom. The summed E-state index contributed by atoms with van der Waals surface area (Å²) in [5, 5.41) is 0.644. The Kier molecular flexibility index (Phi) is 5.10. The molecule has 1 aliphatic rings. The van der Waals surface area contributed by atoms with Crippen molar-refractivity contribution in [2.75, 3.05) is 4.90 Å². The Bertz CT molecular complexity index is 1230. The molecule has 2 heterocycles. The van der Waals surface area contributed by atoms with E-state index in [0.29, 0.717) is 27.6 Å². The summed E-state index contributed by atoms with van der Waals surface area (Å²) >= 11 is 7.58. The number of fused-ring (bicyclic) bond motifs is 1. The van der Waals surface area contributed by atoms with Crippen molar-refractivity contribution in [3.8, 4) is 0 Å². The zero-order chi connectivity index (χ0) is 20.7. The number of nitrogens with zero attached hydrogens (tertiary/aromatic N) is 3. The Labute approximate surface area is 176 Å². The first-order chi connectivity index (χ1) is 13.9.